The molecule has 1 atom stereocenters. The zero-order valence-electron chi connectivity index (χ0n) is 8.97. The summed E-state index contributed by atoms with van der Waals surface area (Å²) in [7, 11) is 1.59. The van der Waals surface area contributed by atoms with Gasteiger partial charge in [0.25, 0.3) is 0 Å². The molecule has 1 fully saturated rings. The Kier molecular flexibility index (Phi) is 4.35. The minimum absolute atomic E-state index is 0.158. The second-order valence-corrected chi connectivity index (χ2v) is 3.84. The van der Waals surface area contributed by atoms with Crippen LogP contribution in [0.1, 0.15) is 26.2 Å². The van der Waals surface area contributed by atoms with E-state index in [0.717, 1.165) is 25.8 Å². The molecule has 0 aliphatic carbocycles. The number of methoxy groups -OCH3 is 1. The topological polar surface area (TPSA) is 47.6 Å². The second kappa shape index (κ2) is 5.32. The maximum Gasteiger partial charge on any atom is 0.326 e. The summed E-state index contributed by atoms with van der Waals surface area (Å²) in [4.78, 5) is 11.7. The molecule has 1 heterocycles. The first-order valence-corrected chi connectivity index (χ1v) is 5.10. The van der Waals surface area contributed by atoms with E-state index in [-0.39, 0.29) is 5.97 Å². The van der Waals surface area contributed by atoms with Crippen LogP contribution >= 0.6 is 0 Å². The van der Waals surface area contributed by atoms with Gasteiger partial charge in [-0.3, -0.25) is 4.79 Å². The van der Waals surface area contributed by atoms with Crippen LogP contribution in [0, 0.1) is 0 Å². The fourth-order valence-corrected chi connectivity index (χ4v) is 1.61. The molecule has 1 rings (SSSR count). The van der Waals surface area contributed by atoms with Gasteiger partial charge in [-0.05, 0) is 32.7 Å². The van der Waals surface area contributed by atoms with Crippen LogP contribution in [0.3, 0.4) is 0 Å². The highest BCUT2D eigenvalue weighted by Gasteiger charge is 2.35. The van der Waals surface area contributed by atoms with Crippen molar-refractivity contribution in [3.63, 3.8) is 0 Å². The van der Waals surface area contributed by atoms with Crippen molar-refractivity contribution in [3.8, 4) is 0 Å². The quantitative estimate of drug-likeness (QED) is 0.537. The SMILES string of the molecule is COCCOC(=O)C1(C)CCCCN1. The molecule has 0 aromatic heterocycles. The van der Waals surface area contributed by atoms with E-state index >= 15 is 0 Å². The van der Waals surface area contributed by atoms with Gasteiger partial charge in [0, 0.05) is 7.11 Å². The molecule has 0 aromatic rings. The first-order chi connectivity index (χ1) is 6.69. The van der Waals surface area contributed by atoms with Crippen molar-refractivity contribution < 1.29 is 14.3 Å². The summed E-state index contributed by atoms with van der Waals surface area (Å²) in [6.07, 6.45) is 3.09. The first kappa shape index (κ1) is 11.5. The number of carbonyl (C=O) groups excluding carboxylic acids is 1. The van der Waals surface area contributed by atoms with Crippen LogP contribution < -0.4 is 5.32 Å². The van der Waals surface area contributed by atoms with E-state index in [1.807, 2.05) is 6.92 Å². The molecule has 0 radical (unpaired) electrons. The molecule has 1 aliphatic heterocycles. The van der Waals surface area contributed by atoms with E-state index in [4.69, 9.17) is 9.47 Å². The zero-order valence-corrected chi connectivity index (χ0v) is 8.97. The van der Waals surface area contributed by atoms with Crippen molar-refractivity contribution in [2.75, 3.05) is 26.9 Å². The smallest absolute Gasteiger partial charge is 0.326 e. The summed E-state index contributed by atoms with van der Waals surface area (Å²) in [6.45, 7) is 3.60. The van der Waals surface area contributed by atoms with Crippen LogP contribution in [-0.4, -0.2) is 38.4 Å². The normalized spacial score (nSPS) is 27.3. The largest absolute Gasteiger partial charge is 0.462 e. The summed E-state index contributed by atoms with van der Waals surface area (Å²) in [5.74, 6) is -0.158. The number of ether oxygens (including phenoxy) is 2. The number of carbonyl (C=O) groups is 1. The van der Waals surface area contributed by atoms with Crippen molar-refractivity contribution in [1.29, 1.82) is 0 Å². The average Bonchev–Trinajstić information content (AvgIpc) is 2.19. The molecular formula is C10H19NO3. The van der Waals surface area contributed by atoms with Gasteiger partial charge in [-0.2, -0.15) is 0 Å². The monoisotopic (exact) mass is 201 g/mol. The molecule has 0 amide bonds. The van der Waals surface area contributed by atoms with Crippen LogP contribution in [0.25, 0.3) is 0 Å². The Morgan fingerprint density at radius 2 is 2.21 bits per heavy atom. The van der Waals surface area contributed by atoms with Crippen LogP contribution in [0.5, 0.6) is 0 Å². The van der Waals surface area contributed by atoms with E-state index in [1.54, 1.807) is 7.11 Å². The lowest BCUT2D eigenvalue weighted by atomic mass is 9.91. The summed E-state index contributed by atoms with van der Waals surface area (Å²) in [5, 5.41) is 3.21. The maximum absolute atomic E-state index is 11.7. The van der Waals surface area contributed by atoms with Gasteiger partial charge in [0.15, 0.2) is 0 Å². The fraction of sp³-hybridized carbons (Fsp3) is 0.900. The summed E-state index contributed by atoms with van der Waals surface area (Å²) >= 11 is 0. The standard InChI is InChI=1S/C10H19NO3/c1-10(5-3-4-6-11-10)9(12)14-8-7-13-2/h11H,3-8H2,1-2H3. The number of hydrogen-bond donors (Lipinski definition) is 1. The van der Waals surface area contributed by atoms with E-state index in [9.17, 15) is 4.79 Å². The fourth-order valence-electron chi connectivity index (χ4n) is 1.61. The van der Waals surface area contributed by atoms with Gasteiger partial charge in [0.1, 0.15) is 12.1 Å². The zero-order chi connectivity index (χ0) is 10.4. The van der Waals surface area contributed by atoms with Gasteiger partial charge in [-0.15, -0.1) is 0 Å². The molecule has 1 saturated heterocycles. The third kappa shape index (κ3) is 2.96. The van der Waals surface area contributed by atoms with Gasteiger partial charge in [0.2, 0.25) is 0 Å². The maximum atomic E-state index is 11.7. The average molecular weight is 201 g/mol. The minimum Gasteiger partial charge on any atom is -0.462 e. The molecule has 0 spiro atoms. The van der Waals surface area contributed by atoms with Crippen LogP contribution in [0.15, 0.2) is 0 Å². The molecule has 1 N–H and O–H groups in total. The number of nitrogens with one attached hydrogen (secondary N) is 1. The number of piperidine rings is 1. The summed E-state index contributed by atoms with van der Waals surface area (Å²) in [5.41, 5.74) is -0.480. The lowest BCUT2D eigenvalue weighted by Gasteiger charge is -2.32. The van der Waals surface area contributed by atoms with E-state index in [1.165, 1.54) is 0 Å². The van der Waals surface area contributed by atoms with E-state index in [2.05, 4.69) is 5.32 Å². The molecule has 4 nitrogen and oxygen atoms in total. The van der Waals surface area contributed by atoms with Gasteiger partial charge < -0.3 is 14.8 Å². The van der Waals surface area contributed by atoms with E-state index < -0.39 is 5.54 Å². The molecule has 82 valence electrons. The molecule has 14 heavy (non-hydrogen) atoms. The minimum atomic E-state index is -0.480. The lowest BCUT2D eigenvalue weighted by molar-refractivity contribution is -0.153. The first-order valence-electron chi connectivity index (χ1n) is 5.10. The molecule has 0 saturated carbocycles. The summed E-state index contributed by atoms with van der Waals surface area (Å²) in [6, 6.07) is 0. The number of rotatable bonds is 4. The highest BCUT2D eigenvalue weighted by atomic mass is 16.6. The second-order valence-electron chi connectivity index (χ2n) is 3.84. The third-order valence-electron chi connectivity index (χ3n) is 2.59. The van der Waals surface area contributed by atoms with Gasteiger partial charge in [0.05, 0.1) is 6.61 Å². The molecule has 1 aliphatic rings. The van der Waals surface area contributed by atoms with Crippen LogP contribution in [0.4, 0.5) is 0 Å². The Labute approximate surface area is 85.0 Å². The van der Waals surface area contributed by atoms with Crippen molar-refractivity contribution in [2.24, 2.45) is 0 Å². The van der Waals surface area contributed by atoms with Crippen LogP contribution in [0.2, 0.25) is 0 Å². The van der Waals surface area contributed by atoms with Crippen molar-refractivity contribution in [1.82, 2.24) is 5.32 Å². The van der Waals surface area contributed by atoms with Crippen molar-refractivity contribution in [2.45, 2.75) is 31.7 Å². The Balaban J connectivity index is 2.33. The van der Waals surface area contributed by atoms with Gasteiger partial charge in [-0.25, -0.2) is 0 Å². The number of hydrogen-bond acceptors (Lipinski definition) is 4. The van der Waals surface area contributed by atoms with Gasteiger partial charge >= 0.3 is 5.97 Å². The molecule has 1 unspecified atom stereocenters. The Morgan fingerprint density at radius 1 is 1.43 bits per heavy atom. The molecule has 0 bridgehead atoms. The van der Waals surface area contributed by atoms with Gasteiger partial charge in [-0.1, -0.05) is 0 Å². The predicted molar refractivity (Wildman–Crippen MR) is 53.1 cm³/mol. The van der Waals surface area contributed by atoms with Crippen molar-refractivity contribution in [3.05, 3.63) is 0 Å². The van der Waals surface area contributed by atoms with Crippen molar-refractivity contribution >= 4 is 5.97 Å². The Morgan fingerprint density at radius 3 is 2.79 bits per heavy atom. The third-order valence-corrected chi connectivity index (χ3v) is 2.59. The van der Waals surface area contributed by atoms with E-state index in [0.29, 0.717) is 13.2 Å². The molecule has 4 heteroatoms. The summed E-state index contributed by atoms with van der Waals surface area (Å²) < 4.78 is 9.91. The highest BCUT2D eigenvalue weighted by Crippen LogP contribution is 2.19. The highest BCUT2D eigenvalue weighted by molar-refractivity contribution is 5.80. The molecular weight excluding hydrogens is 182 g/mol. The van der Waals surface area contributed by atoms with Crippen LogP contribution in [-0.2, 0) is 14.3 Å². The number of esters is 1. The lowest BCUT2D eigenvalue weighted by Crippen LogP contribution is -2.53. The predicted octanol–water partition coefficient (Wildman–Crippen LogP) is 0.708. The molecule has 0 aromatic carbocycles. The Hall–Kier alpha value is -0.610. The Bertz CT molecular complexity index is 188.